The van der Waals surface area contributed by atoms with Crippen molar-refractivity contribution in [3.63, 3.8) is 0 Å². The molecule has 1 saturated heterocycles. The number of hydrogen-bond acceptors (Lipinski definition) is 12. The Bertz CT molecular complexity index is 2440. The summed E-state index contributed by atoms with van der Waals surface area (Å²) < 4.78 is 43.5. The molecule has 12 nitrogen and oxygen atoms in total. The number of benzene rings is 4. The lowest BCUT2D eigenvalue weighted by atomic mass is 9.80. The first-order valence-electron chi connectivity index (χ1n) is 22.6. The molecular weight excluding hydrogens is 868 g/mol. The van der Waals surface area contributed by atoms with E-state index in [2.05, 4.69) is 95.6 Å². The minimum Gasteiger partial charge on any atom is -0.497 e. The highest BCUT2D eigenvalue weighted by Gasteiger charge is 2.45. The fourth-order valence-electron chi connectivity index (χ4n) is 8.43. The molecule has 348 valence electrons. The maximum Gasteiger partial charge on any atom is 0.259 e. The lowest BCUT2D eigenvalue weighted by molar-refractivity contribution is -0.0912. The van der Waals surface area contributed by atoms with E-state index in [0.29, 0.717) is 12.1 Å². The lowest BCUT2D eigenvalue weighted by Gasteiger charge is -2.39. The van der Waals surface area contributed by atoms with Crippen LogP contribution in [-0.4, -0.2) is 81.7 Å². The molecule has 6 aromatic rings. The first kappa shape index (κ1) is 49.0. The van der Waals surface area contributed by atoms with Crippen LogP contribution in [-0.2, 0) is 36.0 Å². The molecule has 0 saturated carbocycles. The summed E-state index contributed by atoms with van der Waals surface area (Å²) in [5.74, 6) is 2.31. The Labute approximate surface area is 395 Å². The highest BCUT2D eigenvalue weighted by molar-refractivity contribution is 7.99. The van der Waals surface area contributed by atoms with E-state index in [1.807, 2.05) is 71.3 Å². The molecule has 4 atom stereocenters. The highest BCUT2D eigenvalue weighted by atomic mass is 32.2. The third kappa shape index (κ3) is 11.3. The molecule has 1 aliphatic rings. The molecule has 1 aliphatic heterocycles. The molecule has 0 aliphatic carbocycles. The first-order chi connectivity index (χ1) is 31.9. The lowest BCUT2D eigenvalue weighted by Crippen LogP contribution is -2.39. The van der Waals surface area contributed by atoms with Gasteiger partial charge in [0.2, 0.25) is 0 Å². The Morgan fingerprint density at radius 3 is 2.00 bits per heavy atom. The van der Waals surface area contributed by atoms with Crippen LogP contribution >= 0.6 is 20.3 Å². The number of nitriles is 1. The van der Waals surface area contributed by atoms with Gasteiger partial charge < -0.3 is 28.0 Å². The van der Waals surface area contributed by atoms with Crippen molar-refractivity contribution in [1.29, 1.82) is 5.26 Å². The van der Waals surface area contributed by atoms with E-state index in [0.717, 1.165) is 51.6 Å². The van der Waals surface area contributed by atoms with E-state index in [1.165, 1.54) is 10.5 Å². The summed E-state index contributed by atoms with van der Waals surface area (Å²) in [5, 5.41) is 9.48. The van der Waals surface area contributed by atoms with Crippen LogP contribution in [0.3, 0.4) is 0 Å². The molecule has 0 radical (unpaired) electrons. The minimum atomic E-state index is -1.62. The third-order valence-electron chi connectivity index (χ3n) is 11.8. The summed E-state index contributed by atoms with van der Waals surface area (Å²) in [5.41, 5.74) is 5.41. The second-order valence-electron chi connectivity index (χ2n) is 17.9. The van der Waals surface area contributed by atoms with Crippen LogP contribution in [0.2, 0.25) is 0 Å². The Balaban J connectivity index is 1.23. The normalized spacial score (nSPS) is 17.2. The van der Waals surface area contributed by atoms with Gasteiger partial charge in [0, 0.05) is 35.6 Å². The van der Waals surface area contributed by atoms with Crippen molar-refractivity contribution >= 4 is 31.5 Å². The molecule has 0 bridgehead atoms. The Kier molecular flexibility index (Phi) is 16.5. The molecule has 4 aromatic carbocycles. The SMILES string of the molecule is COc1ccc(C(OC[C@H]2O[C@@H](n3cnc4c(CCSc5ccc(C(C)(C)C)cc5)ncnc43)C[C@@H]2OP(OCCC#N)N(C(C)C)C(C)C)(c2ccccc2)c2ccc(OC)cc2)cc1. The summed E-state index contributed by atoms with van der Waals surface area (Å²) >= 11 is 1.81. The maximum absolute atomic E-state index is 9.48. The fourth-order valence-corrected chi connectivity index (χ4v) is 11.1. The van der Waals surface area contributed by atoms with Crippen molar-refractivity contribution in [3.05, 3.63) is 144 Å². The summed E-state index contributed by atoms with van der Waals surface area (Å²) in [6.45, 7) is 15.6. The average Bonchev–Trinajstić information content (AvgIpc) is 3.94. The molecule has 0 N–H and O–H groups in total. The molecule has 0 amide bonds. The molecule has 2 aromatic heterocycles. The van der Waals surface area contributed by atoms with Gasteiger partial charge >= 0.3 is 0 Å². The van der Waals surface area contributed by atoms with E-state index in [-0.39, 0.29) is 37.1 Å². The van der Waals surface area contributed by atoms with Crippen molar-refractivity contribution in [1.82, 2.24) is 24.2 Å². The predicted octanol–water partition coefficient (Wildman–Crippen LogP) is 11.4. The predicted molar refractivity (Wildman–Crippen MR) is 262 cm³/mol. The molecule has 14 heteroatoms. The molecule has 0 spiro atoms. The van der Waals surface area contributed by atoms with Gasteiger partial charge in [-0.3, -0.25) is 4.57 Å². The zero-order valence-corrected chi connectivity index (χ0v) is 41.3. The van der Waals surface area contributed by atoms with Crippen LogP contribution in [0, 0.1) is 11.3 Å². The molecule has 66 heavy (non-hydrogen) atoms. The molecular formula is C52H63N6O6PS. The zero-order chi connectivity index (χ0) is 46.8. The van der Waals surface area contributed by atoms with E-state index in [4.69, 9.17) is 42.9 Å². The van der Waals surface area contributed by atoms with E-state index >= 15 is 0 Å². The summed E-state index contributed by atoms with van der Waals surface area (Å²) in [4.78, 5) is 15.6. The minimum absolute atomic E-state index is 0.106. The van der Waals surface area contributed by atoms with Gasteiger partial charge in [-0.2, -0.15) is 5.26 Å². The molecule has 1 unspecified atom stereocenters. The van der Waals surface area contributed by atoms with Gasteiger partial charge in [-0.1, -0.05) is 87.5 Å². The summed E-state index contributed by atoms with van der Waals surface area (Å²) in [7, 11) is 1.71. The number of nitrogens with zero attached hydrogens (tertiary/aromatic N) is 6. The smallest absolute Gasteiger partial charge is 0.259 e. The molecule has 7 rings (SSSR count). The Morgan fingerprint density at radius 2 is 1.42 bits per heavy atom. The van der Waals surface area contributed by atoms with E-state index in [9.17, 15) is 5.26 Å². The monoisotopic (exact) mass is 930 g/mol. The second-order valence-corrected chi connectivity index (χ2v) is 20.5. The summed E-state index contributed by atoms with van der Waals surface area (Å²) in [6, 6.07) is 37.5. The van der Waals surface area contributed by atoms with Gasteiger partial charge in [0.1, 0.15) is 41.3 Å². The van der Waals surface area contributed by atoms with Crippen LogP contribution < -0.4 is 9.47 Å². The topological polar surface area (TPSA) is 126 Å². The van der Waals surface area contributed by atoms with Gasteiger partial charge in [-0.25, -0.2) is 19.6 Å². The van der Waals surface area contributed by atoms with Crippen molar-refractivity contribution in [2.75, 3.05) is 33.2 Å². The van der Waals surface area contributed by atoms with Gasteiger partial charge in [0.25, 0.3) is 8.53 Å². The van der Waals surface area contributed by atoms with E-state index < -0.39 is 32.6 Å². The number of aromatic nitrogens is 4. The van der Waals surface area contributed by atoms with Gasteiger partial charge in [0.15, 0.2) is 5.65 Å². The quantitative estimate of drug-likeness (QED) is 0.0295. The van der Waals surface area contributed by atoms with Crippen molar-refractivity contribution < 1.29 is 28.0 Å². The van der Waals surface area contributed by atoms with Crippen LogP contribution in [0.25, 0.3) is 11.2 Å². The number of fused-ring (bicyclic) bond motifs is 1. The van der Waals surface area contributed by atoms with E-state index in [1.54, 1.807) is 38.6 Å². The van der Waals surface area contributed by atoms with Crippen molar-refractivity contribution in [3.8, 4) is 17.6 Å². The third-order valence-corrected chi connectivity index (χ3v) is 14.9. The van der Waals surface area contributed by atoms with Crippen LogP contribution in [0.4, 0.5) is 0 Å². The van der Waals surface area contributed by atoms with Crippen LogP contribution in [0.5, 0.6) is 11.5 Å². The molecule has 3 heterocycles. The number of ether oxygens (including phenoxy) is 4. The maximum atomic E-state index is 9.48. The molecule has 1 fully saturated rings. The van der Waals surface area contributed by atoms with Crippen LogP contribution in [0.1, 0.15) is 95.5 Å². The van der Waals surface area contributed by atoms with Crippen molar-refractivity contribution in [2.45, 2.75) is 114 Å². The largest absolute Gasteiger partial charge is 0.497 e. The number of hydrogen-bond donors (Lipinski definition) is 0. The number of methoxy groups -OCH3 is 2. The van der Waals surface area contributed by atoms with Crippen molar-refractivity contribution in [2.24, 2.45) is 0 Å². The number of imidazole rings is 1. The van der Waals surface area contributed by atoms with Gasteiger partial charge in [0.05, 0.1) is 58.0 Å². The van der Waals surface area contributed by atoms with Gasteiger partial charge in [-0.05, 0) is 91.8 Å². The number of rotatable bonds is 21. The Hall–Kier alpha value is -4.90. The first-order valence-corrected chi connectivity index (χ1v) is 24.8. The second kappa shape index (κ2) is 22.3. The zero-order valence-electron chi connectivity index (χ0n) is 39.6. The number of thioether (sulfide) groups is 1. The fraction of sp³-hybridized carbons (Fsp3) is 0.423. The highest BCUT2D eigenvalue weighted by Crippen LogP contribution is 2.51. The average molecular weight is 931 g/mol. The van der Waals surface area contributed by atoms with Crippen LogP contribution in [0.15, 0.2) is 121 Å². The van der Waals surface area contributed by atoms with Gasteiger partial charge in [-0.15, -0.1) is 11.8 Å². The summed E-state index contributed by atoms with van der Waals surface area (Å²) in [6.07, 6.45) is 3.30. The number of aryl methyl sites for hydroxylation is 1. The Morgan fingerprint density at radius 1 is 0.818 bits per heavy atom. The standard InChI is InChI=1S/C52H63N6O6PS/c1-36(2)58(37(3)4)65(62-30-13-29-53)64-46-32-48(57-35-56-49-45(54-34-55-50(49)57)28-31-66-44-26-20-38(21-27-44)51(5,6)7)63-47(46)33-61-52(39-14-11-10-12-15-39,40-16-22-42(59-8)23-17-40)41-18-24-43(60-9)25-19-41/h10-12,14-27,34-37,46-48H,13,28,30-33H2,1-9H3/t46-,47+,48+,65?/m0/s1.